The van der Waals surface area contributed by atoms with Gasteiger partial charge in [-0.3, -0.25) is 14.8 Å². The van der Waals surface area contributed by atoms with E-state index in [1.54, 1.807) is 54.9 Å². The quantitative estimate of drug-likeness (QED) is 0.505. The van der Waals surface area contributed by atoms with Crippen molar-refractivity contribution < 1.29 is 9.53 Å². The molecule has 4 aromatic rings. The molecule has 3 aromatic heterocycles. The van der Waals surface area contributed by atoms with E-state index in [9.17, 15) is 4.79 Å². The smallest absolute Gasteiger partial charge is 0.255 e. The standard InChI is InChI=1S/C23H19N7O2/c1-32-19-7-3-2-6-18(19)27-22(31)17-14-26-23-28-21(16-5-4-10-25-13-16)29-30(23)20(17)15-8-11-24-12-9-15/h2-14,20H,1H3,(H,27,31)(H,26,28,29)/t20-/m0/s1. The number of carbonyl (C=O) groups is 1. The fourth-order valence-electron chi connectivity index (χ4n) is 3.57. The van der Waals surface area contributed by atoms with Crippen LogP contribution in [0.1, 0.15) is 11.6 Å². The number of aromatic nitrogens is 5. The van der Waals surface area contributed by atoms with Gasteiger partial charge in [0.05, 0.1) is 18.4 Å². The highest BCUT2D eigenvalue weighted by Crippen LogP contribution is 2.34. The lowest BCUT2D eigenvalue weighted by Crippen LogP contribution is -2.29. The fraction of sp³-hybridized carbons (Fsp3) is 0.0870. The minimum atomic E-state index is -0.498. The number of carbonyl (C=O) groups excluding carboxylic acids is 1. The molecule has 4 heterocycles. The van der Waals surface area contributed by atoms with Crippen LogP contribution < -0.4 is 15.4 Å². The highest BCUT2D eigenvalue weighted by Gasteiger charge is 2.32. The highest BCUT2D eigenvalue weighted by molar-refractivity contribution is 6.06. The van der Waals surface area contributed by atoms with Gasteiger partial charge in [-0.25, -0.2) is 4.68 Å². The predicted molar refractivity (Wildman–Crippen MR) is 119 cm³/mol. The Kier molecular flexibility index (Phi) is 5.04. The van der Waals surface area contributed by atoms with Crippen LogP contribution in [0.25, 0.3) is 11.4 Å². The number of pyridine rings is 2. The lowest BCUT2D eigenvalue weighted by atomic mass is 9.98. The number of para-hydroxylation sites is 2. The van der Waals surface area contributed by atoms with Crippen LogP contribution in [0, 0.1) is 0 Å². The zero-order chi connectivity index (χ0) is 21.9. The van der Waals surface area contributed by atoms with Gasteiger partial charge in [0.1, 0.15) is 11.8 Å². The van der Waals surface area contributed by atoms with E-state index in [1.165, 1.54) is 0 Å². The van der Waals surface area contributed by atoms with E-state index in [2.05, 4.69) is 30.7 Å². The molecule has 0 bridgehead atoms. The lowest BCUT2D eigenvalue weighted by Gasteiger charge is -2.25. The maximum absolute atomic E-state index is 13.3. The second kappa shape index (κ2) is 8.31. The van der Waals surface area contributed by atoms with Crippen molar-refractivity contribution in [2.75, 3.05) is 17.7 Å². The van der Waals surface area contributed by atoms with E-state index >= 15 is 0 Å². The maximum atomic E-state index is 13.3. The number of ether oxygens (including phenoxy) is 1. The molecule has 9 nitrogen and oxygen atoms in total. The molecule has 0 aliphatic carbocycles. The monoisotopic (exact) mass is 425 g/mol. The van der Waals surface area contributed by atoms with Gasteiger partial charge in [0, 0.05) is 36.6 Å². The summed E-state index contributed by atoms with van der Waals surface area (Å²) in [5, 5.41) is 10.7. The fourth-order valence-corrected chi connectivity index (χ4v) is 3.57. The summed E-state index contributed by atoms with van der Waals surface area (Å²) in [5.74, 6) is 1.33. The summed E-state index contributed by atoms with van der Waals surface area (Å²) in [6.45, 7) is 0. The average Bonchev–Trinajstić information content (AvgIpc) is 3.29. The minimum absolute atomic E-state index is 0.284. The molecule has 0 unspecified atom stereocenters. The number of fused-ring (bicyclic) bond motifs is 1. The summed E-state index contributed by atoms with van der Waals surface area (Å²) in [4.78, 5) is 26.2. The zero-order valence-corrected chi connectivity index (χ0v) is 17.1. The molecule has 2 N–H and O–H groups in total. The van der Waals surface area contributed by atoms with E-state index in [4.69, 9.17) is 4.74 Å². The molecule has 9 heteroatoms. The van der Waals surface area contributed by atoms with Gasteiger partial charge in [-0.15, -0.1) is 5.10 Å². The van der Waals surface area contributed by atoms with Gasteiger partial charge < -0.3 is 15.4 Å². The molecule has 0 spiro atoms. The topological polar surface area (TPSA) is 107 Å². The first-order chi connectivity index (χ1) is 15.7. The van der Waals surface area contributed by atoms with Crippen LogP contribution in [-0.2, 0) is 4.79 Å². The summed E-state index contributed by atoms with van der Waals surface area (Å²) in [7, 11) is 1.56. The minimum Gasteiger partial charge on any atom is -0.495 e. The highest BCUT2D eigenvalue weighted by atomic mass is 16.5. The summed E-state index contributed by atoms with van der Waals surface area (Å²) < 4.78 is 7.07. The van der Waals surface area contributed by atoms with Crippen LogP contribution in [0.15, 0.2) is 85.1 Å². The molecule has 1 aliphatic rings. The molecule has 1 atom stereocenters. The molecule has 0 saturated heterocycles. The van der Waals surface area contributed by atoms with Gasteiger partial charge in [-0.05, 0) is 42.0 Å². The predicted octanol–water partition coefficient (Wildman–Crippen LogP) is 3.28. The molecule has 0 radical (unpaired) electrons. The normalized spacial score (nSPS) is 14.7. The Bertz CT molecular complexity index is 1290. The maximum Gasteiger partial charge on any atom is 0.255 e. The molecule has 5 rings (SSSR count). The van der Waals surface area contributed by atoms with Crippen LogP contribution in [-0.4, -0.2) is 37.7 Å². The number of methoxy groups -OCH3 is 1. The average molecular weight is 425 g/mol. The first kappa shape index (κ1) is 19.4. The Morgan fingerprint density at radius 3 is 2.69 bits per heavy atom. The van der Waals surface area contributed by atoms with Gasteiger partial charge in [-0.1, -0.05) is 12.1 Å². The third-order valence-corrected chi connectivity index (χ3v) is 5.09. The van der Waals surface area contributed by atoms with E-state index < -0.39 is 6.04 Å². The van der Waals surface area contributed by atoms with E-state index in [1.807, 2.05) is 36.4 Å². The largest absolute Gasteiger partial charge is 0.495 e. The SMILES string of the molecule is COc1ccccc1NC(=O)C1=CNc2nc(-c3cccnc3)nn2[C@H]1c1ccncc1. The van der Waals surface area contributed by atoms with Gasteiger partial charge in [0.25, 0.3) is 5.91 Å². The number of hydrogen-bond acceptors (Lipinski definition) is 7. The van der Waals surface area contributed by atoms with Gasteiger partial charge in [0.2, 0.25) is 5.95 Å². The van der Waals surface area contributed by atoms with Crippen LogP contribution in [0.2, 0.25) is 0 Å². The molecular weight excluding hydrogens is 406 g/mol. The number of rotatable bonds is 5. The van der Waals surface area contributed by atoms with Crippen molar-refractivity contribution in [1.82, 2.24) is 24.7 Å². The third-order valence-electron chi connectivity index (χ3n) is 5.09. The van der Waals surface area contributed by atoms with Gasteiger partial charge in [-0.2, -0.15) is 4.98 Å². The van der Waals surface area contributed by atoms with Gasteiger partial charge in [0.15, 0.2) is 5.82 Å². The zero-order valence-electron chi connectivity index (χ0n) is 17.1. The Hall–Kier alpha value is -4.53. The molecule has 0 saturated carbocycles. The van der Waals surface area contributed by atoms with Gasteiger partial charge >= 0.3 is 0 Å². The van der Waals surface area contributed by atoms with Crippen LogP contribution in [0.5, 0.6) is 5.75 Å². The second-order valence-electron chi connectivity index (χ2n) is 7.03. The van der Waals surface area contributed by atoms with Crippen molar-refractivity contribution in [1.29, 1.82) is 0 Å². The Morgan fingerprint density at radius 1 is 1.06 bits per heavy atom. The summed E-state index contributed by atoms with van der Waals surface area (Å²) in [5.41, 5.74) is 2.68. The summed E-state index contributed by atoms with van der Waals surface area (Å²) >= 11 is 0. The number of amides is 1. The summed E-state index contributed by atoms with van der Waals surface area (Å²) in [6, 6.07) is 14.2. The van der Waals surface area contributed by atoms with E-state index in [-0.39, 0.29) is 5.91 Å². The second-order valence-corrected chi connectivity index (χ2v) is 7.03. The van der Waals surface area contributed by atoms with E-state index in [0.29, 0.717) is 28.8 Å². The molecule has 1 amide bonds. The van der Waals surface area contributed by atoms with Crippen molar-refractivity contribution in [2.45, 2.75) is 6.04 Å². The molecule has 158 valence electrons. The third kappa shape index (κ3) is 3.56. The lowest BCUT2D eigenvalue weighted by molar-refractivity contribution is -0.113. The van der Waals surface area contributed by atoms with Crippen LogP contribution in [0.3, 0.4) is 0 Å². The van der Waals surface area contributed by atoms with Crippen molar-refractivity contribution in [2.24, 2.45) is 0 Å². The van der Waals surface area contributed by atoms with E-state index in [0.717, 1.165) is 11.1 Å². The number of nitrogens with zero attached hydrogens (tertiary/aromatic N) is 5. The molecular formula is C23H19N7O2. The van der Waals surface area contributed by atoms with Crippen LogP contribution in [0.4, 0.5) is 11.6 Å². The van der Waals surface area contributed by atoms with Crippen molar-refractivity contribution in [3.8, 4) is 17.1 Å². The Labute approximate surface area is 183 Å². The number of hydrogen-bond donors (Lipinski definition) is 2. The first-order valence-electron chi connectivity index (χ1n) is 9.92. The number of anilines is 2. The number of nitrogens with one attached hydrogen (secondary N) is 2. The molecule has 1 aliphatic heterocycles. The Balaban J connectivity index is 1.54. The molecule has 0 fully saturated rings. The number of benzene rings is 1. The van der Waals surface area contributed by atoms with Crippen molar-refractivity contribution in [3.63, 3.8) is 0 Å². The summed E-state index contributed by atoms with van der Waals surface area (Å²) in [6.07, 6.45) is 8.43. The van der Waals surface area contributed by atoms with Crippen molar-refractivity contribution in [3.05, 3.63) is 90.7 Å². The first-order valence-corrected chi connectivity index (χ1v) is 9.92. The molecule has 1 aromatic carbocycles. The van der Waals surface area contributed by atoms with Crippen LogP contribution >= 0.6 is 0 Å². The molecule has 32 heavy (non-hydrogen) atoms. The Morgan fingerprint density at radius 2 is 1.91 bits per heavy atom. The van der Waals surface area contributed by atoms with Crippen molar-refractivity contribution >= 4 is 17.5 Å².